The molecule has 0 aliphatic heterocycles. The lowest BCUT2D eigenvalue weighted by Crippen LogP contribution is -2.19. The molecule has 4 rings (SSSR count). The van der Waals surface area contributed by atoms with Gasteiger partial charge in [0, 0.05) is 0 Å². The zero-order valence-electron chi connectivity index (χ0n) is 15.5. The number of fused-ring (bicyclic) bond motifs is 1. The van der Waals surface area contributed by atoms with Crippen molar-refractivity contribution >= 4 is 46.5 Å². The second kappa shape index (κ2) is 8.50. The largest absolute Gasteiger partial charge is 0.333 e. The van der Waals surface area contributed by atoms with E-state index in [-0.39, 0.29) is 11.7 Å². The van der Waals surface area contributed by atoms with Gasteiger partial charge in [-0.1, -0.05) is 53.7 Å². The second-order valence-electron chi connectivity index (χ2n) is 6.18. The van der Waals surface area contributed by atoms with Crippen LogP contribution in [0.15, 0.2) is 64.9 Å². The molecule has 0 aliphatic carbocycles. The summed E-state index contributed by atoms with van der Waals surface area (Å²) in [6.45, 7) is 1.90. The molecule has 0 radical (unpaired) electrons. The first-order valence-corrected chi connectivity index (χ1v) is 10.2. The van der Waals surface area contributed by atoms with Gasteiger partial charge in [-0.05, 0) is 31.2 Å². The predicted octanol–water partition coefficient (Wildman–Crippen LogP) is 3.95. The lowest BCUT2D eigenvalue weighted by Gasteiger charge is -2.03. The number of hydrogen-bond acceptors (Lipinski definition) is 5. The smallest absolute Gasteiger partial charge is 0.250 e. The summed E-state index contributed by atoms with van der Waals surface area (Å²) < 4.78 is 1.74. The Kier molecular flexibility index (Phi) is 5.64. The molecule has 4 aromatic rings. The van der Waals surface area contributed by atoms with Crippen LogP contribution >= 0.6 is 23.4 Å². The number of hydrogen-bond donors (Lipinski definition) is 2. The minimum absolute atomic E-state index is 0.188. The maximum atomic E-state index is 12.1. The average molecular weight is 425 g/mol. The van der Waals surface area contributed by atoms with Crippen molar-refractivity contribution in [1.82, 2.24) is 25.2 Å². The SMILES string of the molecule is Cc1c(/C=N/NC(=O)CSc2nc3ccccc3[nH]2)c(Cl)nn1-c1ccccc1. The number of carbonyl (C=O) groups is 1. The third-order valence-corrected chi connectivity index (χ3v) is 5.36. The van der Waals surface area contributed by atoms with Gasteiger partial charge in [0.15, 0.2) is 10.3 Å². The summed E-state index contributed by atoms with van der Waals surface area (Å²) in [5.74, 6) is -0.0522. The van der Waals surface area contributed by atoms with Crippen LogP contribution in [0.4, 0.5) is 0 Å². The maximum Gasteiger partial charge on any atom is 0.250 e. The number of para-hydroxylation sites is 3. The topological polar surface area (TPSA) is 88.0 Å². The van der Waals surface area contributed by atoms with Gasteiger partial charge in [-0.25, -0.2) is 15.1 Å². The third kappa shape index (κ3) is 4.33. The molecule has 1 amide bonds. The Morgan fingerprint density at radius 1 is 1.24 bits per heavy atom. The summed E-state index contributed by atoms with van der Waals surface area (Å²) >= 11 is 7.56. The molecule has 0 spiro atoms. The van der Waals surface area contributed by atoms with Gasteiger partial charge in [0.25, 0.3) is 5.91 Å². The molecule has 9 heteroatoms. The molecule has 0 bridgehead atoms. The third-order valence-electron chi connectivity index (χ3n) is 4.21. The predicted molar refractivity (Wildman–Crippen MR) is 116 cm³/mol. The average Bonchev–Trinajstić information content (AvgIpc) is 3.28. The Balaban J connectivity index is 1.37. The Labute approximate surface area is 176 Å². The molecule has 2 N–H and O–H groups in total. The van der Waals surface area contributed by atoms with Crippen LogP contribution in [0.2, 0.25) is 5.15 Å². The molecular formula is C20H17ClN6OS. The number of aromatic nitrogens is 4. The Bertz CT molecular complexity index is 1150. The van der Waals surface area contributed by atoms with E-state index >= 15 is 0 Å². The highest BCUT2D eigenvalue weighted by molar-refractivity contribution is 7.99. The van der Waals surface area contributed by atoms with E-state index in [0.717, 1.165) is 22.4 Å². The number of benzene rings is 2. The molecular weight excluding hydrogens is 408 g/mol. The number of nitrogens with one attached hydrogen (secondary N) is 2. The quantitative estimate of drug-likeness (QED) is 0.278. The van der Waals surface area contributed by atoms with Crippen molar-refractivity contribution in [3.05, 3.63) is 71.0 Å². The fourth-order valence-electron chi connectivity index (χ4n) is 2.78. The fourth-order valence-corrected chi connectivity index (χ4v) is 3.72. The summed E-state index contributed by atoms with van der Waals surface area (Å²) in [5, 5.41) is 9.36. The van der Waals surface area contributed by atoms with Gasteiger partial charge in [0.05, 0.1) is 39.9 Å². The summed E-state index contributed by atoms with van der Waals surface area (Å²) in [7, 11) is 0. The zero-order valence-corrected chi connectivity index (χ0v) is 17.0. The van der Waals surface area contributed by atoms with Crippen LogP contribution in [0.1, 0.15) is 11.3 Å². The van der Waals surface area contributed by atoms with Crippen molar-refractivity contribution in [2.75, 3.05) is 5.75 Å². The molecule has 7 nitrogen and oxygen atoms in total. The number of aromatic amines is 1. The van der Waals surface area contributed by atoms with Crippen molar-refractivity contribution in [3.63, 3.8) is 0 Å². The van der Waals surface area contributed by atoms with Crippen molar-refractivity contribution in [3.8, 4) is 5.69 Å². The summed E-state index contributed by atoms with van der Waals surface area (Å²) in [6, 6.07) is 17.4. The van der Waals surface area contributed by atoms with E-state index in [2.05, 4.69) is 25.6 Å². The van der Waals surface area contributed by atoms with Gasteiger partial charge in [-0.15, -0.1) is 0 Å². The van der Waals surface area contributed by atoms with Crippen molar-refractivity contribution in [2.24, 2.45) is 5.10 Å². The van der Waals surface area contributed by atoms with E-state index in [9.17, 15) is 4.79 Å². The normalized spacial score (nSPS) is 11.4. The minimum atomic E-state index is -0.240. The van der Waals surface area contributed by atoms with Crippen molar-refractivity contribution in [1.29, 1.82) is 0 Å². The standard InChI is InChI=1S/C20H17ClN6OS/c1-13-15(19(21)26-27(13)14-7-3-2-4-8-14)11-22-25-18(28)12-29-20-23-16-9-5-6-10-17(16)24-20/h2-11H,12H2,1H3,(H,23,24)(H,25,28)/b22-11+. The first-order chi connectivity index (χ1) is 14.1. The molecule has 0 fully saturated rings. The second-order valence-corrected chi connectivity index (χ2v) is 7.50. The van der Waals surface area contributed by atoms with Crippen LogP contribution in [-0.4, -0.2) is 37.6 Å². The number of hydrazone groups is 1. The van der Waals surface area contributed by atoms with Crippen LogP contribution in [0.25, 0.3) is 16.7 Å². The van der Waals surface area contributed by atoms with E-state index in [1.807, 2.05) is 61.5 Å². The monoisotopic (exact) mass is 424 g/mol. The highest BCUT2D eigenvalue weighted by Crippen LogP contribution is 2.21. The van der Waals surface area contributed by atoms with E-state index in [0.29, 0.717) is 15.9 Å². The highest BCUT2D eigenvalue weighted by atomic mass is 35.5. The molecule has 0 saturated heterocycles. The van der Waals surface area contributed by atoms with E-state index in [1.54, 1.807) is 4.68 Å². The van der Waals surface area contributed by atoms with Crippen LogP contribution < -0.4 is 5.43 Å². The molecule has 29 heavy (non-hydrogen) atoms. The minimum Gasteiger partial charge on any atom is -0.333 e. The number of rotatable bonds is 6. The van der Waals surface area contributed by atoms with Gasteiger partial charge in [-0.3, -0.25) is 4.79 Å². The van der Waals surface area contributed by atoms with Crippen molar-refractivity contribution in [2.45, 2.75) is 12.1 Å². The fraction of sp³-hybridized carbons (Fsp3) is 0.100. The number of imidazole rings is 1. The first kappa shape index (κ1) is 19.2. The number of carbonyl (C=O) groups excluding carboxylic acids is 1. The number of H-pyrrole nitrogens is 1. The van der Waals surface area contributed by atoms with Crippen LogP contribution in [-0.2, 0) is 4.79 Å². The van der Waals surface area contributed by atoms with Gasteiger partial charge in [0.2, 0.25) is 0 Å². The highest BCUT2D eigenvalue weighted by Gasteiger charge is 2.13. The summed E-state index contributed by atoms with van der Waals surface area (Å²) in [4.78, 5) is 19.7. The van der Waals surface area contributed by atoms with Gasteiger partial charge >= 0.3 is 0 Å². The van der Waals surface area contributed by atoms with E-state index in [1.165, 1.54) is 18.0 Å². The van der Waals surface area contributed by atoms with Gasteiger partial charge < -0.3 is 4.98 Å². The molecule has 2 aromatic carbocycles. The number of nitrogens with zero attached hydrogens (tertiary/aromatic N) is 4. The molecule has 2 aromatic heterocycles. The lowest BCUT2D eigenvalue weighted by atomic mass is 10.2. The number of thioether (sulfide) groups is 1. The molecule has 0 unspecified atom stereocenters. The first-order valence-electron chi connectivity index (χ1n) is 8.82. The lowest BCUT2D eigenvalue weighted by molar-refractivity contribution is -0.118. The molecule has 0 atom stereocenters. The van der Waals surface area contributed by atoms with Crippen LogP contribution in [0, 0.1) is 6.92 Å². The number of halogens is 1. The zero-order chi connectivity index (χ0) is 20.2. The molecule has 146 valence electrons. The Morgan fingerprint density at radius 3 is 2.79 bits per heavy atom. The van der Waals surface area contributed by atoms with E-state index in [4.69, 9.17) is 11.6 Å². The molecule has 0 saturated carbocycles. The Morgan fingerprint density at radius 2 is 2.00 bits per heavy atom. The Hall–Kier alpha value is -3.10. The van der Waals surface area contributed by atoms with Crippen molar-refractivity contribution < 1.29 is 4.79 Å². The van der Waals surface area contributed by atoms with Crippen LogP contribution in [0.5, 0.6) is 0 Å². The molecule has 0 aliphatic rings. The summed E-state index contributed by atoms with van der Waals surface area (Å²) in [6.07, 6.45) is 1.51. The van der Waals surface area contributed by atoms with Gasteiger partial charge in [0.1, 0.15) is 0 Å². The maximum absolute atomic E-state index is 12.1. The van der Waals surface area contributed by atoms with E-state index < -0.39 is 0 Å². The number of amides is 1. The summed E-state index contributed by atoms with van der Waals surface area (Å²) in [5.41, 5.74) is 6.70. The molecule has 2 heterocycles. The van der Waals surface area contributed by atoms with Crippen LogP contribution in [0.3, 0.4) is 0 Å². The van der Waals surface area contributed by atoms with Gasteiger partial charge in [-0.2, -0.15) is 10.2 Å².